The number of hydrogen-bond acceptors (Lipinski definition) is 2. The average Bonchev–Trinajstić information content (AvgIpc) is 2.35. The number of benzene rings is 1. The Bertz CT molecular complexity index is 523. The van der Waals surface area contributed by atoms with E-state index in [9.17, 15) is 4.79 Å². The van der Waals surface area contributed by atoms with Gasteiger partial charge in [0.2, 0.25) is 0 Å². The Labute approximate surface area is 111 Å². The summed E-state index contributed by atoms with van der Waals surface area (Å²) in [6.07, 6.45) is 7.12. The second-order valence-electron chi connectivity index (χ2n) is 4.22. The smallest absolute Gasteiger partial charge is 0.312 e. The van der Waals surface area contributed by atoms with Crippen LogP contribution in [-0.2, 0) is 4.79 Å². The fourth-order valence-corrected chi connectivity index (χ4v) is 2.10. The molecule has 1 aromatic carbocycles. The highest BCUT2D eigenvalue weighted by Crippen LogP contribution is 2.26. The van der Waals surface area contributed by atoms with Gasteiger partial charge in [-0.05, 0) is 24.6 Å². The molecule has 1 aromatic rings. The summed E-state index contributed by atoms with van der Waals surface area (Å²) in [7, 11) is 0. The van der Waals surface area contributed by atoms with E-state index in [2.05, 4.69) is 5.32 Å². The number of halogens is 1. The maximum absolute atomic E-state index is 11.2. The number of rotatable bonds is 3. The molecule has 2 N–H and O–H groups in total. The summed E-state index contributed by atoms with van der Waals surface area (Å²) in [4.78, 5) is 11.2. The zero-order valence-corrected chi connectivity index (χ0v) is 10.7. The summed E-state index contributed by atoms with van der Waals surface area (Å²) in [5.74, 6) is -1.40. The lowest BCUT2D eigenvalue weighted by Gasteiger charge is -2.24. The summed E-state index contributed by atoms with van der Waals surface area (Å²) in [5.41, 5.74) is 1.78. The van der Waals surface area contributed by atoms with Crippen LogP contribution in [0.3, 0.4) is 0 Å². The standard InChI is InChI=1S/C14H14ClNO2/c1-9-11(15)6-4-8-12(9)16-13-7-3-2-5-10(13)14(17)18/h2-8,10,13,16H,1H3,(H,17,18). The molecule has 0 amide bonds. The van der Waals surface area contributed by atoms with Gasteiger partial charge in [-0.2, -0.15) is 0 Å². The van der Waals surface area contributed by atoms with Crippen molar-refractivity contribution in [2.75, 3.05) is 5.32 Å². The molecule has 4 heteroatoms. The number of carboxylic acid groups (broad SMARTS) is 1. The van der Waals surface area contributed by atoms with E-state index in [1.54, 1.807) is 12.2 Å². The summed E-state index contributed by atoms with van der Waals surface area (Å²) in [6, 6.07) is 5.29. The van der Waals surface area contributed by atoms with Gasteiger partial charge in [0.15, 0.2) is 0 Å². The summed E-state index contributed by atoms with van der Waals surface area (Å²) in [5, 5.41) is 13.0. The maximum Gasteiger partial charge on any atom is 0.312 e. The molecule has 2 atom stereocenters. The van der Waals surface area contributed by atoms with Gasteiger partial charge in [-0.25, -0.2) is 0 Å². The maximum atomic E-state index is 11.2. The number of allylic oxidation sites excluding steroid dienone is 2. The highest BCUT2D eigenvalue weighted by Gasteiger charge is 2.25. The van der Waals surface area contributed by atoms with Crippen molar-refractivity contribution in [2.45, 2.75) is 13.0 Å². The first-order valence-electron chi connectivity index (χ1n) is 5.69. The number of anilines is 1. The molecule has 0 aliphatic heterocycles. The normalized spacial score (nSPS) is 21.9. The largest absolute Gasteiger partial charge is 0.481 e. The molecule has 0 bridgehead atoms. The number of aliphatic carboxylic acids is 1. The van der Waals surface area contributed by atoms with Gasteiger partial charge in [-0.3, -0.25) is 4.79 Å². The van der Waals surface area contributed by atoms with Gasteiger partial charge in [-0.15, -0.1) is 0 Å². The molecular formula is C14H14ClNO2. The van der Waals surface area contributed by atoms with Crippen molar-refractivity contribution in [3.8, 4) is 0 Å². The second-order valence-corrected chi connectivity index (χ2v) is 4.62. The average molecular weight is 264 g/mol. The SMILES string of the molecule is Cc1c(Cl)cccc1NC1C=CC=CC1C(=O)O. The van der Waals surface area contributed by atoms with Gasteiger partial charge in [0, 0.05) is 10.7 Å². The highest BCUT2D eigenvalue weighted by molar-refractivity contribution is 6.31. The third-order valence-electron chi connectivity index (χ3n) is 3.01. The van der Waals surface area contributed by atoms with E-state index in [4.69, 9.17) is 16.7 Å². The Morgan fingerprint density at radius 2 is 2.06 bits per heavy atom. The van der Waals surface area contributed by atoms with Crippen LogP contribution in [0.5, 0.6) is 0 Å². The third-order valence-corrected chi connectivity index (χ3v) is 3.42. The molecule has 0 spiro atoms. The number of carbonyl (C=O) groups is 1. The summed E-state index contributed by atoms with van der Waals surface area (Å²) >= 11 is 6.04. The van der Waals surface area contributed by atoms with Gasteiger partial charge < -0.3 is 10.4 Å². The molecule has 0 heterocycles. The fourth-order valence-electron chi connectivity index (χ4n) is 1.92. The van der Waals surface area contributed by atoms with Crippen LogP contribution in [0.15, 0.2) is 42.5 Å². The monoisotopic (exact) mass is 263 g/mol. The van der Waals surface area contributed by atoms with Gasteiger partial charge in [0.1, 0.15) is 0 Å². The Hall–Kier alpha value is -1.74. The van der Waals surface area contributed by atoms with E-state index < -0.39 is 11.9 Å². The Kier molecular flexibility index (Phi) is 3.72. The van der Waals surface area contributed by atoms with Gasteiger partial charge in [0.25, 0.3) is 0 Å². The van der Waals surface area contributed by atoms with Gasteiger partial charge in [-0.1, -0.05) is 42.0 Å². The van der Waals surface area contributed by atoms with E-state index in [0.29, 0.717) is 5.02 Å². The fraction of sp³-hybridized carbons (Fsp3) is 0.214. The summed E-state index contributed by atoms with van der Waals surface area (Å²) in [6.45, 7) is 1.91. The molecule has 0 radical (unpaired) electrons. The number of nitrogens with one attached hydrogen (secondary N) is 1. The van der Waals surface area contributed by atoms with Gasteiger partial charge in [0.05, 0.1) is 12.0 Å². The van der Waals surface area contributed by atoms with Crippen molar-refractivity contribution >= 4 is 23.3 Å². The topological polar surface area (TPSA) is 49.3 Å². The first-order chi connectivity index (χ1) is 8.59. The predicted molar refractivity (Wildman–Crippen MR) is 73.0 cm³/mol. The minimum atomic E-state index is -0.840. The van der Waals surface area contributed by atoms with Crippen LogP contribution >= 0.6 is 11.6 Å². The molecule has 0 saturated carbocycles. The van der Waals surface area contributed by atoms with Gasteiger partial charge >= 0.3 is 5.97 Å². The van der Waals surface area contributed by atoms with E-state index >= 15 is 0 Å². The van der Waals surface area contributed by atoms with Crippen LogP contribution in [0.4, 0.5) is 5.69 Å². The molecule has 0 aromatic heterocycles. The van der Waals surface area contributed by atoms with Crippen molar-refractivity contribution in [2.24, 2.45) is 5.92 Å². The van der Waals surface area contributed by atoms with Crippen molar-refractivity contribution in [3.05, 3.63) is 53.1 Å². The van der Waals surface area contributed by atoms with Crippen LogP contribution in [0.2, 0.25) is 5.02 Å². The quantitative estimate of drug-likeness (QED) is 0.880. The minimum absolute atomic E-state index is 0.260. The Balaban J connectivity index is 2.22. The molecule has 1 aliphatic carbocycles. The molecule has 1 aliphatic rings. The van der Waals surface area contributed by atoms with E-state index in [1.165, 1.54) is 0 Å². The lowest BCUT2D eigenvalue weighted by atomic mass is 9.95. The molecular weight excluding hydrogens is 250 g/mol. The molecule has 0 fully saturated rings. The third kappa shape index (κ3) is 2.57. The van der Waals surface area contributed by atoms with E-state index in [1.807, 2.05) is 37.3 Å². The lowest BCUT2D eigenvalue weighted by molar-refractivity contribution is -0.140. The van der Waals surface area contributed by atoms with Crippen molar-refractivity contribution in [1.82, 2.24) is 0 Å². The lowest BCUT2D eigenvalue weighted by Crippen LogP contribution is -2.33. The van der Waals surface area contributed by atoms with Crippen LogP contribution < -0.4 is 5.32 Å². The van der Waals surface area contributed by atoms with Crippen molar-refractivity contribution in [1.29, 1.82) is 0 Å². The predicted octanol–water partition coefficient (Wildman–Crippen LogP) is 3.26. The molecule has 94 valence electrons. The van der Waals surface area contributed by atoms with Crippen LogP contribution in [-0.4, -0.2) is 17.1 Å². The first kappa shape index (κ1) is 12.7. The molecule has 3 nitrogen and oxygen atoms in total. The molecule has 18 heavy (non-hydrogen) atoms. The second kappa shape index (κ2) is 5.27. The Morgan fingerprint density at radius 1 is 1.33 bits per heavy atom. The minimum Gasteiger partial charge on any atom is -0.481 e. The zero-order chi connectivity index (χ0) is 13.1. The molecule has 2 rings (SSSR count). The molecule has 0 saturated heterocycles. The van der Waals surface area contributed by atoms with E-state index in [0.717, 1.165) is 11.3 Å². The van der Waals surface area contributed by atoms with Crippen molar-refractivity contribution in [3.63, 3.8) is 0 Å². The first-order valence-corrected chi connectivity index (χ1v) is 6.07. The van der Waals surface area contributed by atoms with E-state index in [-0.39, 0.29) is 6.04 Å². The highest BCUT2D eigenvalue weighted by atomic mass is 35.5. The Morgan fingerprint density at radius 3 is 2.78 bits per heavy atom. The van der Waals surface area contributed by atoms with Crippen LogP contribution in [0.1, 0.15) is 5.56 Å². The van der Waals surface area contributed by atoms with Crippen molar-refractivity contribution < 1.29 is 9.90 Å². The zero-order valence-electron chi connectivity index (χ0n) is 9.93. The van der Waals surface area contributed by atoms with Crippen LogP contribution in [0.25, 0.3) is 0 Å². The molecule has 2 unspecified atom stereocenters. The number of hydrogen-bond donors (Lipinski definition) is 2. The number of carboxylic acids is 1. The summed E-state index contributed by atoms with van der Waals surface area (Å²) < 4.78 is 0. The van der Waals surface area contributed by atoms with Crippen LogP contribution in [0, 0.1) is 12.8 Å².